The summed E-state index contributed by atoms with van der Waals surface area (Å²) >= 11 is 0. The second-order valence-corrected chi connectivity index (χ2v) is 6.18. The lowest BCUT2D eigenvalue weighted by atomic mass is 9.96. The molecule has 2 unspecified atom stereocenters. The highest BCUT2D eigenvalue weighted by atomic mass is 16.2. The van der Waals surface area contributed by atoms with Gasteiger partial charge in [-0.25, -0.2) is 0 Å². The third-order valence-corrected chi connectivity index (χ3v) is 4.29. The molecule has 1 heterocycles. The fourth-order valence-electron chi connectivity index (χ4n) is 2.90. The molecule has 5 heteroatoms. The molecule has 20 heavy (non-hydrogen) atoms. The smallest absolute Gasteiger partial charge is 0.223 e. The van der Waals surface area contributed by atoms with Crippen molar-refractivity contribution in [1.29, 1.82) is 0 Å². The van der Waals surface area contributed by atoms with Crippen molar-refractivity contribution in [1.82, 2.24) is 10.2 Å². The van der Waals surface area contributed by atoms with E-state index < -0.39 is 0 Å². The minimum atomic E-state index is 0.0359. The van der Waals surface area contributed by atoms with Crippen LogP contribution < -0.4 is 11.1 Å². The molecule has 3 N–H and O–H groups in total. The maximum atomic E-state index is 12.3. The molecule has 2 aliphatic rings. The summed E-state index contributed by atoms with van der Waals surface area (Å²) < 4.78 is 0. The lowest BCUT2D eigenvalue weighted by Gasteiger charge is -2.38. The number of amides is 2. The van der Waals surface area contributed by atoms with Crippen molar-refractivity contribution in [3.63, 3.8) is 0 Å². The molecule has 0 aromatic heterocycles. The molecule has 1 aliphatic carbocycles. The van der Waals surface area contributed by atoms with Gasteiger partial charge in [-0.2, -0.15) is 0 Å². The van der Waals surface area contributed by atoms with Gasteiger partial charge in [-0.1, -0.05) is 0 Å². The molecule has 0 radical (unpaired) electrons. The summed E-state index contributed by atoms with van der Waals surface area (Å²) in [6.45, 7) is 3.42. The van der Waals surface area contributed by atoms with Crippen molar-refractivity contribution in [3.8, 4) is 0 Å². The molecule has 2 rings (SSSR count). The average Bonchev–Trinajstić information content (AvgIpc) is 3.27. The SMILES string of the molecule is CC(N)C1CCCCN1C(=O)CCCNC(=O)C1CC1. The van der Waals surface area contributed by atoms with Crippen LogP contribution in [0.15, 0.2) is 0 Å². The highest BCUT2D eigenvalue weighted by molar-refractivity contribution is 5.81. The van der Waals surface area contributed by atoms with Crippen LogP contribution in [0.1, 0.15) is 51.9 Å². The third kappa shape index (κ3) is 4.20. The molecule has 1 saturated heterocycles. The van der Waals surface area contributed by atoms with Gasteiger partial charge < -0.3 is 16.0 Å². The van der Waals surface area contributed by atoms with Crippen LogP contribution in [0.2, 0.25) is 0 Å². The maximum absolute atomic E-state index is 12.3. The van der Waals surface area contributed by atoms with Gasteiger partial charge in [0.05, 0.1) is 0 Å². The van der Waals surface area contributed by atoms with Gasteiger partial charge in [0.15, 0.2) is 0 Å². The van der Waals surface area contributed by atoms with Crippen molar-refractivity contribution in [2.24, 2.45) is 11.7 Å². The van der Waals surface area contributed by atoms with E-state index in [-0.39, 0.29) is 29.8 Å². The minimum Gasteiger partial charge on any atom is -0.356 e. The Morgan fingerprint density at radius 1 is 1.30 bits per heavy atom. The van der Waals surface area contributed by atoms with E-state index in [0.29, 0.717) is 13.0 Å². The summed E-state index contributed by atoms with van der Waals surface area (Å²) in [5.41, 5.74) is 5.98. The predicted octanol–water partition coefficient (Wildman–Crippen LogP) is 1.02. The Balaban J connectivity index is 1.68. The van der Waals surface area contributed by atoms with E-state index in [9.17, 15) is 9.59 Å². The molecule has 0 aromatic rings. The Hall–Kier alpha value is -1.10. The first kappa shape index (κ1) is 15.3. The third-order valence-electron chi connectivity index (χ3n) is 4.29. The van der Waals surface area contributed by atoms with Crippen LogP contribution in [-0.4, -0.2) is 41.9 Å². The zero-order valence-corrected chi connectivity index (χ0v) is 12.4. The second kappa shape index (κ2) is 7.07. The van der Waals surface area contributed by atoms with Crippen molar-refractivity contribution in [2.45, 2.75) is 64.0 Å². The summed E-state index contributed by atoms with van der Waals surface area (Å²) in [7, 11) is 0. The molecular weight excluding hydrogens is 254 g/mol. The van der Waals surface area contributed by atoms with E-state index in [1.54, 1.807) is 0 Å². The highest BCUT2D eigenvalue weighted by Crippen LogP contribution is 2.28. The molecular formula is C15H27N3O2. The molecule has 2 fully saturated rings. The number of nitrogens with two attached hydrogens (primary N) is 1. The number of hydrogen-bond acceptors (Lipinski definition) is 3. The van der Waals surface area contributed by atoms with Gasteiger partial charge in [0.25, 0.3) is 0 Å². The number of carbonyl (C=O) groups excluding carboxylic acids is 2. The van der Waals surface area contributed by atoms with Gasteiger partial charge in [0.1, 0.15) is 0 Å². The standard InChI is InChI=1S/C15H27N3O2/c1-11(16)13-5-2-3-10-18(13)14(19)6-4-9-17-15(20)12-7-8-12/h11-13H,2-10,16H2,1H3,(H,17,20). The van der Waals surface area contributed by atoms with Crippen LogP contribution in [0.3, 0.4) is 0 Å². The molecule has 1 saturated carbocycles. The van der Waals surface area contributed by atoms with Crippen LogP contribution in [-0.2, 0) is 9.59 Å². The summed E-state index contributed by atoms with van der Waals surface area (Å²) in [5.74, 6) is 0.590. The van der Waals surface area contributed by atoms with E-state index in [1.807, 2.05) is 11.8 Å². The van der Waals surface area contributed by atoms with Crippen molar-refractivity contribution in [2.75, 3.05) is 13.1 Å². The van der Waals surface area contributed by atoms with Crippen LogP contribution in [0.25, 0.3) is 0 Å². The summed E-state index contributed by atoms with van der Waals surface area (Å²) in [6, 6.07) is 0.228. The molecule has 0 spiro atoms. The molecule has 5 nitrogen and oxygen atoms in total. The fourth-order valence-corrected chi connectivity index (χ4v) is 2.90. The zero-order valence-electron chi connectivity index (χ0n) is 12.4. The number of rotatable bonds is 6. The van der Waals surface area contributed by atoms with Gasteiger partial charge in [-0.15, -0.1) is 0 Å². The van der Waals surface area contributed by atoms with Crippen molar-refractivity contribution >= 4 is 11.8 Å². The number of likely N-dealkylation sites (tertiary alicyclic amines) is 1. The van der Waals surface area contributed by atoms with Gasteiger partial charge in [-0.05, 0) is 45.4 Å². The first-order chi connectivity index (χ1) is 9.59. The Labute approximate surface area is 121 Å². The second-order valence-electron chi connectivity index (χ2n) is 6.18. The van der Waals surface area contributed by atoms with Gasteiger partial charge in [0.2, 0.25) is 11.8 Å². The van der Waals surface area contributed by atoms with E-state index in [2.05, 4.69) is 5.32 Å². The fraction of sp³-hybridized carbons (Fsp3) is 0.867. The van der Waals surface area contributed by atoms with Crippen LogP contribution >= 0.6 is 0 Å². The van der Waals surface area contributed by atoms with Crippen molar-refractivity contribution in [3.05, 3.63) is 0 Å². The number of piperidine rings is 1. The first-order valence-corrected chi connectivity index (χ1v) is 7.92. The average molecular weight is 281 g/mol. The van der Waals surface area contributed by atoms with Crippen molar-refractivity contribution < 1.29 is 9.59 Å². The van der Waals surface area contributed by atoms with Crippen LogP contribution in [0.5, 0.6) is 0 Å². The Bertz CT molecular complexity index is 353. The topological polar surface area (TPSA) is 75.4 Å². The first-order valence-electron chi connectivity index (χ1n) is 7.92. The molecule has 2 amide bonds. The van der Waals surface area contributed by atoms with Crippen LogP contribution in [0, 0.1) is 5.92 Å². The highest BCUT2D eigenvalue weighted by Gasteiger charge is 2.30. The summed E-state index contributed by atoms with van der Waals surface area (Å²) in [5, 5.41) is 2.90. The number of nitrogens with zero attached hydrogens (tertiary/aromatic N) is 1. The Morgan fingerprint density at radius 3 is 2.70 bits per heavy atom. The quantitative estimate of drug-likeness (QED) is 0.714. The molecule has 1 aliphatic heterocycles. The van der Waals surface area contributed by atoms with Gasteiger partial charge in [-0.3, -0.25) is 9.59 Å². The zero-order chi connectivity index (χ0) is 14.5. The van der Waals surface area contributed by atoms with Gasteiger partial charge >= 0.3 is 0 Å². The summed E-state index contributed by atoms with van der Waals surface area (Å²) in [6.07, 6.45) is 6.53. The van der Waals surface area contributed by atoms with E-state index in [4.69, 9.17) is 5.73 Å². The minimum absolute atomic E-state index is 0.0359. The Kier molecular flexibility index (Phi) is 5.40. The number of carbonyl (C=O) groups is 2. The van der Waals surface area contributed by atoms with E-state index >= 15 is 0 Å². The molecule has 0 aromatic carbocycles. The monoisotopic (exact) mass is 281 g/mol. The van der Waals surface area contributed by atoms with E-state index in [0.717, 1.165) is 45.1 Å². The lowest BCUT2D eigenvalue weighted by molar-refractivity contribution is -0.135. The van der Waals surface area contributed by atoms with Crippen LogP contribution in [0.4, 0.5) is 0 Å². The maximum Gasteiger partial charge on any atom is 0.223 e. The summed E-state index contributed by atoms with van der Waals surface area (Å²) in [4.78, 5) is 25.7. The van der Waals surface area contributed by atoms with E-state index in [1.165, 1.54) is 0 Å². The normalized spacial score (nSPS) is 24.3. The molecule has 2 atom stereocenters. The predicted molar refractivity (Wildman–Crippen MR) is 78.0 cm³/mol. The largest absolute Gasteiger partial charge is 0.356 e. The Morgan fingerprint density at radius 2 is 2.05 bits per heavy atom. The lowest BCUT2D eigenvalue weighted by Crippen LogP contribution is -2.51. The number of hydrogen-bond donors (Lipinski definition) is 2. The van der Waals surface area contributed by atoms with Gasteiger partial charge in [0, 0.05) is 37.5 Å². The molecule has 114 valence electrons. The molecule has 0 bridgehead atoms. The number of nitrogens with one attached hydrogen (secondary N) is 1.